The molecule has 90 heavy (non-hydrogen) atoms. The number of nitrogens with zero attached hydrogens (tertiary/aromatic N) is 6. The van der Waals surface area contributed by atoms with E-state index in [9.17, 15) is 10.5 Å². The van der Waals surface area contributed by atoms with Crippen molar-refractivity contribution in [1.29, 1.82) is 10.5 Å². The highest BCUT2D eigenvalue weighted by Crippen LogP contribution is 2.53. The van der Waals surface area contributed by atoms with Gasteiger partial charge in [-0.15, -0.1) is 0 Å². The van der Waals surface area contributed by atoms with Gasteiger partial charge in [0.15, 0.2) is 0 Å². The number of furan rings is 4. The predicted molar refractivity (Wildman–Crippen MR) is 362 cm³/mol. The highest BCUT2D eigenvalue weighted by molar-refractivity contribution is 6.30. The van der Waals surface area contributed by atoms with Gasteiger partial charge in [0, 0.05) is 64.6 Å². The van der Waals surface area contributed by atoms with Crippen LogP contribution in [0.5, 0.6) is 0 Å². The Morgan fingerprint density at radius 2 is 0.422 bits per heavy atom. The molecule has 0 unspecified atom stereocenters. The fraction of sp³-hybridized carbons (Fsp3) is 0. The molecule has 13 aromatic carbocycles. The molecule has 0 bridgehead atoms. The molecule has 0 saturated heterocycles. The smallest absolute Gasteiger partial charge is 0.137 e. The lowest BCUT2D eigenvalue weighted by Gasteiger charge is -2.27. The third-order valence-corrected chi connectivity index (χ3v) is 19.2. The van der Waals surface area contributed by atoms with Gasteiger partial charge in [0.2, 0.25) is 0 Å². The van der Waals surface area contributed by atoms with E-state index in [1.807, 2.05) is 72.8 Å². The van der Waals surface area contributed by atoms with Crippen LogP contribution in [-0.4, -0.2) is 18.3 Å². The summed E-state index contributed by atoms with van der Waals surface area (Å²) in [6, 6.07) is 89.2. The number of hydrogen-bond acceptors (Lipinski definition) is 6. The van der Waals surface area contributed by atoms with Crippen LogP contribution in [0.3, 0.4) is 0 Å². The van der Waals surface area contributed by atoms with Crippen LogP contribution >= 0.6 is 0 Å². The fourth-order valence-electron chi connectivity index (χ4n) is 15.8. The van der Waals surface area contributed by atoms with E-state index in [1.54, 1.807) is 0 Å². The van der Waals surface area contributed by atoms with Gasteiger partial charge in [-0.3, -0.25) is 0 Å². The monoisotopic (exact) mass is 1150 g/mol. The molecule has 0 aliphatic rings. The van der Waals surface area contributed by atoms with Crippen molar-refractivity contribution in [2.45, 2.75) is 0 Å². The van der Waals surface area contributed by atoms with Crippen LogP contribution in [0.25, 0.3) is 198 Å². The van der Waals surface area contributed by atoms with E-state index < -0.39 is 0 Å². The lowest BCUT2D eigenvalue weighted by atomic mass is 9.98. The van der Waals surface area contributed by atoms with Gasteiger partial charge in [-0.2, -0.15) is 10.5 Å². The van der Waals surface area contributed by atoms with Crippen LogP contribution < -0.4 is 0 Å². The normalized spacial score (nSPS) is 12.4. The molecule has 10 nitrogen and oxygen atoms in total. The molecule has 0 atom stereocenters. The first-order valence-corrected chi connectivity index (χ1v) is 30.0. The number of para-hydroxylation sites is 8. The minimum atomic E-state index is 0.309. The van der Waals surface area contributed by atoms with E-state index in [4.69, 9.17) is 17.7 Å². The molecule has 0 spiro atoms. The third kappa shape index (κ3) is 5.81. The summed E-state index contributed by atoms with van der Waals surface area (Å²) in [5.41, 5.74) is 14.9. The first-order chi connectivity index (χ1) is 44.6. The van der Waals surface area contributed by atoms with Gasteiger partial charge in [0.05, 0.1) is 88.4 Å². The average Bonchev–Trinajstić information content (AvgIpc) is 1.42. The zero-order chi connectivity index (χ0) is 58.8. The first kappa shape index (κ1) is 47.5. The van der Waals surface area contributed by atoms with Gasteiger partial charge in [-0.05, 0) is 97.1 Å². The van der Waals surface area contributed by atoms with Crippen LogP contribution in [-0.2, 0) is 0 Å². The summed E-state index contributed by atoms with van der Waals surface area (Å²) in [5, 5.41) is 41.7. The molecule has 21 aromatic rings. The van der Waals surface area contributed by atoms with Gasteiger partial charge in [0.25, 0.3) is 0 Å². The van der Waals surface area contributed by atoms with Crippen molar-refractivity contribution in [3.8, 4) is 34.9 Å². The molecular formula is C80H40N6O4. The number of aromatic nitrogens is 4. The van der Waals surface area contributed by atoms with Crippen molar-refractivity contribution in [2.75, 3.05) is 0 Å². The van der Waals surface area contributed by atoms with Crippen molar-refractivity contribution in [3.63, 3.8) is 0 Å². The quantitative estimate of drug-likeness (QED) is 0.173. The fourth-order valence-corrected chi connectivity index (χ4v) is 15.8. The molecule has 0 fully saturated rings. The van der Waals surface area contributed by atoms with E-state index in [1.165, 1.54) is 0 Å². The molecule has 10 heteroatoms. The Balaban J connectivity index is 1.12. The molecular weight excluding hydrogens is 1110 g/mol. The summed E-state index contributed by atoms with van der Waals surface area (Å²) < 4.78 is 36.4. The number of benzene rings is 13. The Morgan fingerprint density at radius 3 is 0.656 bits per heavy atom. The molecule has 21 rings (SSSR count). The Kier molecular flexibility index (Phi) is 8.98. The largest absolute Gasteiger partial charge is 0.456 e. The summed E-state index contributed by atoms with van der Waals surface area (Å²) in [7, 11) is 0. The number of hydrogen-bond donors (Lipinski definition) is 0. The van der Waals surface area contributed by atoms with Crippen molar-refractivity contribution >= 4 is 175 Å². The Morgan fingerprint density at radius 1 is 0.211 bits per heavy atom. The summed E-state index contributed by atoms with van der Waals surface area (Å²) >= 11 is 0. The van der Waals surface area contributed by atoms with Crippen LogP contribution in [0.15, 0.2) is 260 Å². The molecule has 0 aliphatic carbocycles. The molecule has 8 heterocycles. The Hall–Kier alpha value is -12.8. The molecule has 0 N–H and O–H groups in total. The summed E-state index contributed by atoms with van der Waals surface area (Å²) in [4.78, 5) is 0. The van der Waals surface area contributed by atoms with Gasteiger partial charge in [-0.1, -0.05) is 146 Å². The maximum Gasteiger partial charge on any atom is 0.137 e. The van der Waals surface area contributed by atoms with Crippen LogP contribution in [0, 0.1) is 22.7 Å². The Bertz CT molecular complexity index is 6130. The first-order valence-electron chi connectivity index (χ1n) is 30.0. The highest BCUT2D eigenvalue weighted by Gasteiger charge is 2.37. The summed E-state index contributed by atoms with van der Waals surface area (Å²) in [6.45, 7) is 0. The molecule has 0 radical (unpaired) electrons. The number of fused-ring (bicyclic) bond motifs is 28. The average molecular weight is 1150 g/mol. The molecule has 414 valence electrons. The van der Waals surface area contributed by atoms with Crippen LogP contribution in [0.4, 0.5) is 0 Å². The number of nitriles is 2. The minimum Gasteiger partial charge on any atom is -0.456 e. The lowest BCUT2D eigenvalue weighted by Crippen LogP contribution is -2.17. The highest BCUT2D eigenvalue weighted by atomic mass is 16.3. The second-order valence-corrected chi connectivity index (χ2v) is 23.5. The minimum absolute atomic E-state index is 0.309. The van der Waals surface area contributed by atoms with Crippen molar-refractivity contribution in [2.24, 2.45) is 0 Å². The molecule has 0 aliphatic heterocycles. The second kappa shape index (κ2) is 17.0. The van der Waals surface area contributed by atoms with Gasteiger partial charge < -0.3 is 35.9 Å². The third-order valence-electron chi connectivity index (χ3n) is 19.2. The van der Waals surface area contributed by atoms with Crippen molar-refractivity contribution in [1.82, 2.24) is 18.3 Å². The van der Waals surface area contributed by atoms with E-state index in [0.717, 1.165) is 153 Å². The SMILES string of the molecule is N#Cc1c(-n2c3ccccc3c3ccc4oc5ccccc5c4c32)c(-n2c3ccccc3c3ccc4oc5ccccc5c4c32)c(C#N)c(-n2c3ccccc3c3ccc4oc5ccccc5c4c32)c1-n1c2ccccc2c2ccc3oc4ccccc4c3c21. The lowest BCUT2D eigenvalue weighted by molar-refractivity contribution is 0.668. The molecule has 8 aromatic heterocycles. The van der Waals surface area contributed by atoms with E-state index in [-0.39, 0.29) is 0 Å². The zero-order valence-electron chi connectivity index (χ0n) is 47.4. The Labute approximate surface area is 507 Å². The van der Waals surface area contributed by atoms with Crippen molar-refractivity contribution in [3.05, 3.63) is 254 Å². The number of rotatable bonds is 4. The van der Waals surface area contributed by atoms with Crippen LogP contribution in [0.1, 0.15) is 11.1 Å². The zero-order valence-corrected chi connectivity index (χ0v) is 47.4. The second-order valence-electron chi connectivity index (χ2n) is 23.5. The van der Waals surface area contributed by atoms with Gasteiger partial charge >= 0.3 is 0 Å². The molecule has 0 amide bonds. The van der Waals surface area contributed by atoms with Gasteiger partial charge in [-0.25, -0.2) is 0 Å². The molecule has 0 saturated carbocycles. The van der Waals surface area contributed by atoms with E-state index in [2.05, 4.69) is 200 Å². The van der Waals surface area contributed by atoms with Gasteiger partial charge in [0.1, 0.15) is 67.9 Å². The summed E-state index contributed by atoms with van der Waals surface area (Å²) in [6.07, 6.45) is 0. The van der Waals surface area contributed by atoms with E-state index in [0.29, 0.717) is 56.2 Å². The summed E-state index contributed by atoms with van der Waals surface area (Å²) in [5.74, 6) is 0. The van der Waals surface area contributed by atoms with Crippen LogP contribution in [0.2, 0.25) is 0 Å². The topological polar surface area (TPSA) is 120 Å². The predicted octanol–water partition coefficient (Wildman–Crippen LogP) is 21.4. The maximum absolute atomic E-state index is 13.5. The van der Waals surface area contributed by atoms with E-state index >= 15 is 0 Å². The van der Waals surface area contributed by atoms with Crippen molar-refractivity contribution < 1.29 is 17.7 Å². The standard InChI is InChI=1S/C80H40N6O4/c81-41-55-77(83-57-25-9-1-17-43(57)47-33-37-65-69(73(47)83)51-21-5-13-29-61(51)87-65)78(84-58-26-10-2-18-44(58)48-34-38-66-70(74(48)84)52-22-6-14-30-62(52)88-66)56(42-82)80(86-60-28-12-4-20-46(60)50-36-40-68-72(76(50)86)54-24-8-16-32-64(54)90-68)79(55)85-59-27-11-3-19-45(59)49-35-39-67-71(75(49)85)53-23-7-15-31-63(53)89-67/h1-40H. The maximum atomic E-state index is 13.5.